The van der Waals surface area contributed by atoms with E-state index >= 15 is 0 Å². The fourth-order valence-corrected chi connectivity index (χ4v) is 5.03. The van der Waals surface area contributed by atoms with Crippen molar-refractivity contribution in [3.63, 3.8) is 0 Å². The molecular weight excluding hydrogens is 374 g/mol. The van der Waals surface area contributed by atoms with Gasteiger partial charge in [-0.3, -0.25) is 14.2 Å². The van der Waals surface area contributed by atoms with Crippen LogP contribution >= 0.6 is 11.3 Å². The van der Waals surface area contributed by atoms with Gasteiger partial charge in [-0.15, -0.1) is 11.3 Å². The fourth-order valence-electron chi connectivity index (χ4n) is 3.77. The summed E-state index contributed by atoms with van der Waals surface area (Å²) in [5, 5.41) is 0.771. The van der Waals surface area contributed by atoms with Crippen molar-refractivity contribution in [2.24, 2.45) is 0 Å². The smallest absolute Gasteiger partial charge is 0.262 e. The third kappa shape index (κ3) is 3.28. The van der Waals surface area contributed by atoms with Crippen LogP contribution in [0.2, 0.25) is 0 Å². The molecule has 3 aromatic heterocycles. The third-order valence-corrected chi connectivity index (χ3v) is 6.28. The lowest BCUT2D eigenvalue weighted by molar-refractivity contribution is 0.313. The molecule has 148 valence electrons. The summed E-state index contributed by atoms with van der Waals surface area (Å²) in [4.78, 5) is 35.8. The molecule has 1 aliphatic carbocycles. The Labute approximate surface area is 167 Å². The molecule has 0 saturated heterocycles. The highest BCUT2D eigenvalue weighted by atomic mass is 32.1. The molecule has 0 aliphatic heterocycles. The Morgan fingerprint density at radius 2 is 2.14 bits per heavy atom. The lowest BCUT2D eigenvalue weighted by Gasteiger charge is -2.15. The number of nitrogens with zero attached hydrogens (tertiary/aromatic N) is 2. The van der Waals surface area contributed by atoms with Gasteiger partial charge in [-0.25, -0.2) is 4.98 Å². The number of aryl methyl sites for hydroxylation is 2. The Hall–Kier alpha value is -2.41. The maximum Gasteiger partial charge on any atom is 0.262 e. The number of pyridine rings is 1. The molecule has 0 fully saturated rings. The second-order valence-electron chi connectivity index (χ2n) is 7.59. The SMILES string of the molecule is CCCOc1c[nH]c(Cn2c(C(C)C)nc3sc4c(c3c2=O)CCC4)cc1=O. The van der Waals surface area contributed by atoms with Gasteiger partial charge in [0, 0.05) is 28.8 Å². The number of hydrogen-bond donors (Lipinski definition) is 1. The number of H-pyrrole nitrogens is 1. The Bertz CT molecular complexity index is 1140. The van der Waals surface area contributed by atoms with Crippen LogP contribution in [-0.4, -0.2) is 21.1 Å². The predicted octanol–water partition coefficient (Wildman–Crippen LogP) is 3.60. The van der Waals surface area contributed by atoms with Crippen molar-refractivity contribution < 1.29 is 4.74 Å². The Morgan fingerprint density at radius 1 is 1.32 bits per heavy atom. The number of aromatic nitrogens is 3. The van der Waals surface area contributed by atoms with E-state index in [1.165, 1.54) is 16.5 Å². The van der Waals surface area contributed by atoms with Crippen LogP contribution < -0.4 is 15.7 Å². The summed E-state index contributed by atoms with van der Waals surface area (Å²) >= 11 is 1.66. The van der Waals surface area contributed by atoms with Gasteiger partial charge in [0.25, 0.3) is 5.56 Å². The summed E-state index contributed by atoms with van der Waals surface area (Å²) in [7, 11) is 0. The van der Waals surface area contributed by atoms with Crippen molar-refractivity contribution >= 4 is 21.6 Å². The zero-order chi connectivity index (χ0) is 19.8. The first kappa shape index (κ1) is 18.9. The van der Waals surface area contributed by atoms with Crippen LogP contribution in [0.15, 0.2) is 21.9 Å². The van der Waals surface area contributed by atoms with E-state index in [2.05, 4.69) is 4.98 Å². The van der Waals surface area contributed by atoms with E-state index in [1.807, 2.05) is 20.8 Å². The van der Waals surface area contributed by atoms with Gasteiger partial charge in [-0.2, -0.15) is 0 Å². The van der Waals surface area contributed by atoms with Gasteiger partial charge in [0.1, 0.15) is 10.7 Å². The number of hydrogen-bond acceptors (Lipinski definition) is 5. The molecule has 1 N–H and O–H groups in total. The molecule has 4 rings (SSSR count). The number of nitrogens with one attached hydrogen (secondary N) is 1. The van der Waals surface area contributed by atoms with E-state index < -0.39 is 0 Å². The third-order valence-electron chi connectivity index (χ3n) is 5.10. The number of fused-ring (bicyclic) bond motifs is 3. The highest BCUT2D eigenvalue weighted by Crippen LogP contribution is 2.35. The second kappa shape index (κ2) is 7.54. The molecule has 3 aromatic rings. The van der Waals surface area contributed by atoms with E-state index in [0.717, 1.165) is 41.7 Å². The molecule has 0 unspecified atom stereocenters. The predicted molar refractivity (Wildman–Crippen MR) is 112 cm³/mol. The summed E-state index contributed by atoms with van der Waals surface area (Å²) in [6.07, 6.45) is 5.52. The van der Waals surface area contributed by atoms with E-state index in [-0.39, 0.29) is 16.9 Å². The Balaban J connectivity index is 1.78. The van der Waals surface area contributed by atoms with Crippen molar-refractivity contribution in [2.45, 2.75) is 58.9 Å². The van der Waals surface area contributed by atoms with E-state index in [0.29, 0.717) is 24.6 Å². The molecule has 0 saturated carbocycles. The minimum atomic E-state index is -0.174. The number of ether oxygens (including phenoxy) is 1. The molecule has 0 amide bonds. The summed E-state index contributed by atoms with van der Waals surface area (Å²) < 4.78 is 7.17. The first-order chi connectivity index (χ1) is 13.5. The monoisotopic (exact) mass is 399 g/mol. The van der Waals surface area contributed by atoms with Gasteiger partial charge in [0.2, 0.25) is 5.43 Å². The molecule has 1 aliphatic rings. The van der Waals surface area contributed by atoms with Crippen molar-refractivity contribution in [1.29, 1.82) is 0 Å². The van der Waals surface area contributed by atoms with Crippen LogP contribution in [0, 0.1) is 0 Å². The van der Waals surface area contributed by atoms with Crippen molar-refractivity contribution in [2.75, 3.05) is 6.61 Å². The van der Waals surface area contributed by atoms with Gasteiger partial charge in [-0.1, -0.05) is 20.8 Å². The molecule has 0 bridgehead atoms. The zero-order valence-corrected chi connectivity index (χ0v) is 17.3. The van der Waals surface area contributed by atoms with Crippen molar-refractivity contribution in [3.8, 4) is 5.75 Å². The Morgan fingerprint density at radius 3 is 2.86 bits per heavy atom. The number of rotatable bonds is 6. The lowest BCUT2D eigenvalue weighted by atomic mass is 10.1. The van der Waals surface area contributed by atoms with Crippen molar-refractivity contribution in [3.05, 3.63) is 54.8 Å². The largest absolute Gasteiger partial charge is 0.488 e. The molecule has 28 heavy (non-hydrogen) atoms. The molecule has 3 heterocycles. The molecule has 0 spiro atoms. The quantitative estimate of drug-likeness (QED) is 0.687. The van der Waals surface area contributed by atoms with Gasteiger partial charge in [-0.05, 0) is 31.2 Å². The van der Waals surface area contributed by atoms with Crippen LogP contribution in [0.1, 0.15) is 61.5 Å². The molecular formula is C21H25N3O3S. The van der Waals surface area contributed by atoms with E-state index in [4.69, 9.17) is 9.72 Å². The number of thiophene rings is 1. The van der Waals surface area contributed by atoms with Gasteiger partial charge >= 0.3 is 0 Å². The molecule has 6 nitrogen and oxygen atoms in total. The van der Waals surface area contributed by atoms with Gasteiger partial charge in [0.15, 0.2) is 5.75 Å². The average molecular weight is 400 g/mol. The highest BCUT2D eigenvalue weighted by molar-refractivity contribution is 7.18. The molecule has 0 radical (unpaired) electrons. The minimum Gasteiger partial charge on any atom is -0.488 e. The zero-order valence-electron chi connectivity index (χ0n) is 16.5. The summed E-state index contributed by atoms with van der Waals surface area (Å²) in [6, 6.07) is 1.52. The maximum atomic E-state index is 13.4. The minimum absolute atomic E-state index is 0.000239. The van der Waals surface area contributed by atoms with E-state index in [1.54, 1.807) is 22.1 Å². The maximum absolute atomic E-state index is 13.4. The Kier molecular flexibility index (Phi) is 5.10. The molecule has 7 heteroatoms. The summed E-state index contributed by atoms with van der Waals surface area (Å²) in [5.74, 6) is 1.17. The van der Waals surface area contributed by atoms with Gasteiger partial charge < -0.3 is 9.72 Å². The van der Waals surface area contributed by atoms with Crippen LogP contribution in [0.3, 0.4) is 0 Å². The van der Waals surface area contributed by atoms with Crippen molar-refractivity contribution in [1.82, 2.24) is 14.5 Å². The topological polar surface area (TPSA) is 77.0 Å². The van der Waals surface area contributed by atoms with E-state index in [9.17, 15) is 9.59 Å². The standard InChI is InChI=1S/C21H25N3O3S/c1-4-8-27-16-10-22-13(9-15(16)25)11-24-19(12(2)3)23-20-18(21(24)26)14-6-5-7-17(14)28-20/h9-10,12H,4-8,11H2,1-3H3,(H,22,25). The lowest BCUT2D eigenvalue weighted by Crippen LogP contribution is -2.27. The number of aromatic amines is 1. The molecule has 0 atom stereocenters. The van der Waals surface area contributed by atoms with Gasteiger partial charge in [0.05, 0.1) is 18.5 Å². The first-order valence-corrected chi connectivity index (χ1v) is 10.7. The summed E-state index contributed by atoms with van der Waals surface area (Å²) in [6.45, 7) is 6.87. The molecule has 0 aromatic carbocycles. The fraction of sp³-hybridized carbons (Fsp3) is 0.476. The normalized spacial score (nSPS) is 13.4. The summed E-state index contributed by atoms with van der Waals surface area (Å²) in [5.41, 5.74) is 1.68. The first-order valence-electron chi connectivity index (χ1n) is 9.89. The van der Waals surface area contributed by atoms with Crippen LogP contribution in [-0.2, 0) is 19.4 Å². The second-order valence-corrected chi connectivity index (χ2v) is 8.67. The van der Waals surface area contributed by atoms with Crippen LogP contribution in [0.4, 0.5) is 0 Å². The highest BCUT2D eigenvalue weighted by Gasteiger charge is 2.24. The average Bonchev–Trinajstić information content (AvgIpc) is 3.23. The van der Waals surface area contributed by atoms with Crippen LogP contribution in [0.25, 0.3) is 10.2 Å². The van der Waals surface area contributed by atoms with Crippen LogP contribution in [0.5, 0.6) is 5.75 Å².